The fraction of sp³-hybridized carbons (Fsp3) is 0.600. The maximum atomic E-state index is 11.6. The van der Waals surface area contributed by atoms with E-state index in [0.29, 0.717) is 23.7 Å². The molecule has 0 aliphatic rings. The van der Waals surface area contributed by atoms with Crippen LogP contribution in [0.4, 0.5) is 10.8 Å². The van der Waals surface area contributed by atoms with Gasteiger partial charge in [-0.1, -0.05) is 0 Å². The van der Waals surface area contributed by atoms with Crippen molar-refractivity contribution in [2.24, 2.45) is 0 Å². The second-order valence-corrected chi connectivity index (χ2v) is 4.32. The van der Waals surface area contributed by atoms with E-state index in [1.54, 1.807) is 21.3 Å². The lowest BCUT2D eigenvalue weighted by Crippen LogP contribution is -2.27. The topological polar surface area (TPSA) is 98.5 Å². The van der Waals surface area contributed by atoms with Gasteiger partial charge in [0.2, 0.25) is 0 Å². The summed E-state index contributed by atoms with van der Waals surface area (Å²) in [4.78, 5) is 11.6. The summed E-state index contributed by atoms with van der Waals surface area (Å²) in [6, 6.07) is 0. The van der Waals surface area contributed by atoms with Crippen LogP contribution in [0.15, 0.2) is 0 Å². The molecule has 1 rings (SSSR count). The first-order chi connectivity index (χ1) is 8.63. The van der Waals surface area contributed by atoms with Crippen LogP contribution in [0.5, 0.6) is 0 Å². The van der Waals surface area contributed by atoms with Crippen molar-refractivity contribution in [2.45, 2.75) is 6.10 Å². The normalized spacial score (nSPS) is 12.2. The first-order valence-electron chi connectivity index (χ1n) is 5.36. The van der Waals surface area contributed by atoms with Crippen molar-refractivity contribution < 1.29 is 14.3 Å². The summed E-state index contributed by atoms with van der Waals surface area (Å²) in [5.74, 6) is -0.0352. The molecular weight excluding hydrogens is 256 g/mol. The Morgan fingerprint density at radius 2 is 2.28 bits per heavy atom. The fourth-order valence-electron chi connectivity index (χ4n) is 1.37. The molecule has 0 aliphatic heterocycles. The molecule has 1 aromatic rings. The second kappa shape index (κ2) is 7.14. The quantitative estimate of drug-likeness (QED) is 0.655. The Kier molecular flexibility index (Phi) is 5.83. The molecule has 0 aromatic carbocycles. The second-order valence-electron chi connectivity index (χ2n) is 3.55. The maximum absolute atomic E-state index is 11.6. The van der Waals surface area contributed by atoms with Crippen molar-refractivity contribution in [3.05, 3.63) is 5.56 Å². The Bertz CT molecular complexity index is 396. The van der Waals surface area contributed by atoms with Gasteiger partial charge < -0.3 is 25.8 Å². The van der Waals surface area contributed by atoms with Crippen LogP contribution in [0.1, 0.15) is 10.4 Å². The molecule has 1 amide bonds. The third-order valence-corrected chi connectivity index (χ3v) is 3.17. The maximum Gasteiger partial charge on any atom is 0.257 e. The summed E-state index contributed by atoms with van der Waals surface area (Å²) in [7, 11) is 4.75. The number of hydrogen-bond donors (Lipinski definition) is 3. The number of carbonyl (C=O) groups excluding carboxylic acids is 1. The Labute approximate surface area is 110 Å². The van der Waals surface area contributed by atoms with Gasteiger partial charge in [-0.05, 0) is 11.5 Å². The summed E-state index contributed by atoms with van der Waals surface area (Å²) in [6.07, 6.45) is -0.101. The molecule has 0 aliphatic carbocycles. The van der Waals surface area contributed by atoms with Gasteiger partial charge >= 0.3 is 0 Å². The van der Waals surface area contributed by atoms with E-state index in [4.69, 9.17) is 15.2 Å². The minimum absolute atomic E-state index is 0.101. The first-order valence-corrected chi connectivity index (χ1v) is 6.14. The Hall–Kier alpha value is -1.38. The van der Waals surface area contributed by atoms with Crippen LogP contribution in [0.25, 0.3) is 0 Å². The predicted octanol–water partition coefficient (Wildman–Crippen LogP) is 0.158. The van der Waals surface area contributed by atoms with Crippen molar-refractivity contribution >= 4 is 28.3 Å². The van der Waals surface area contributed by atoms with Gasteiger partial charge in [0.15, 0.2) is 5.82 Å². The van der Waals surface area contributed by atoms with E-state index in [1.165, 1.54) is 0 Å². The fourth-order valence-corrected chi connectivity index (χ4v) is 2.09. The van der Waals surface area contributed by atoms with Crippen LogP contribution in [-0.2, 0) is 9.47 Å². The van der Waals surface area contributed by atoms with Crippen molar-refractivity contribution in [3.63, 3.8) is 0 Å². The van der Waals surface area contributed by atoms with Crippen molar-refractivity contribution in [1.29, 1.82) is 0 Å². The molecule has 1 heterocycles. The van der Waals surface area contributed by atoms with Gasteiger partial charge in [0.25, 0.3) is 5.91 Å². The van der Waals surface area contributed by atoms with Crippen molar-refractivity contribution in [3.8, 4) is 0 Å². The summed E-state index contributed by atoms with van der Waals surface area (Å²) < 4.78 is 14.2. The highest BCUT2D eigenvalue weighted by Gasteiger charge is 2.19. The number of nitrogens with zero attached hydrogens (tertiary/aromatic N) is 1. The average Bonchev–Trinajstić information content (AvgIpc) is 2.74. The number of rotatable bonds is 7. The lowest BCUT2D eigenvalue weighted by Gasteiger charge is -2.15. The molecule has 8 heteroatoms. The Morgan fingerprint density at radius 3 is 2.83 bits per heavy atom. The molecular formula is C10H18N4O3S. The minimum atomic E-state index is -0.260. The van der Waals surface area contributed by atoms with Gasteiger partial charge in [0.1, 0.15) is 10.6 Å². The van der Waals surface area contributed by atoms with Crippen LogP contribution >= 0.6 is 11.5 Å². The number of ether oxygens (including phenoxy) is 2. The van der Waals surface area contributed by atoms with E-state index in [1.807, 2.05) is 0 Å². The summed E-state index contributed by atoms with van der Waals surface area (Å²) in [6.45, 7) is 0.975. The van der Waals surface area contributed by atoms with E-state index < -0.39 is 0 Å². The van der Waals surface area contributed by atoms with E-state index in [0.717, 1.165) is 11.5 Å². The molecule has 0 bridgehead atoms. The zero-order valence-electron chi connectivity index (χ0n) is 10.6. The third-order valence-electron chi connectivity index (χ3n) is 2.35. The molecule has 0 fully saturated rings. The van der Waals surface area contributed by atoms with Crippen molar-refractivity contribution in [1.82, 2.24) is 9.69 Å². The van der Waals surface area contributed by atoms with Crippen LogP contribution in [0, 0.1) is 0 Å². The molecule has 1 atom stereocenters. The molecule has 18 heavy (non-hydrogen) atoms. The van der Waals surface area contributed by atoms with Crippen molar-refractivity contribution in [2.75, 3.05) is 45.5 Å². The van der Waals surface area contributed by atoms with Gasteiger partial charge in [-0.3, -0.25) is 4.79 Å². The van der Waals surface area contributed by atoms with Gasteiger partial charge in [0, 0.05) is 27.8 Å². The minimum Gasteiger partial charge on any atom is -0.382 e. The van der Waals surface area contributed by atoms with Crippen LogP contribution in [0.2, 0.25) is 0 Å². The SMILES string of the molecule is CNC(=O)c1c(N)nsc1NCC(COC)OC. The predicted molar refractivity (Wildman–Crippen MR) is 71.1 cm³/mol. The van der Waals surface area contributed by atoms with Gasteiger partial charge in [-0.25, -0.2) is 0 Å². The zero-order valence-corrected chi connectivity index (χ0v) is 11.5. The number of nitrogen functional groups attached to an aromatic ring is 1. The van der Waals surface area contributed by atoms with E-state index >= 15 is 0 Å². The monoisotopic (exact) mass is 274 g/mol. The lowest BCUT2D eigenvalue weighted by molar-refractivity contribution is 0.0366. The standard InChI is InChI=1S/C10H18N4O3S/c1-12-9(15)7-8(11)14-18-10(7)13-4-6(17-3)5-16-2/h6,13H,4-5H2,1-3H3,(H2,11,14)(H,12,15). The number of nitrogens with two attached hydrogens (primary N) is 1. The third kappa shape index (κ3) is 3.56. The first kappa shape index (κ1) is 14.7. The van der Waals surface area contributed by atoms with E-state index in [-0.39, 0.29) is 17.8 Å². The van der Waals surface area contributed by atoms with Gasteiger partial charge in [-0.2, -0.15) is 4.37 Å². The van der Waals surface area contributed by atoms with Crippen LogP contribution in [0.3, 0.4) is 0 Å². The molecule has 102 valence electrons. The lowest BCUT2D eigenvalue weighted by atomic mass is 10.3. The van der Waals surface area contributed by atoms with Gasteiger partial charge in [-0.15, -0.1) is 0 Å². The molecule has 0 saturated carbocycles. The Morgan fingerprint density at radius 1 is 1.56 bits per heavy atom. The number of anilines is 2. The number of amides is 1. The van der Waals surface area contributed by atoms with E-state index in [2.05, 4.69) is 15.0 Å². The average molecular weight is 274 g/mol. The highest BCUT2D eigenvalue weighted by Crippen LogP contribution is 2.26. The van der Waals surface area contributed by atoms with Gasteiger partial charge in [0.05, 0.1) is 12.7 Å². The zero-order chi connectivity index (χ0) is 13.5. The van der Waals surface area contributed by atoms with Crippen LogP contribution < -0.4 is 16.4 Å². The van der Waals surface area contributed by atoms with E-state index in [9.17, 15) is 4.79 Å². The molecule has 0 saturated heterocycles. The number of carbonyl (C=O) groups is 1. The highest BCUT2D eigenvalue weighted by molar-refractivity contribution is 7.11. The van der Waals surface area contributed by atoms with Crippen LogP contribution in [-0.4, -0.2) is 50.8 Å². The molecule has 1 aromatic heterocycles. The molecule has 1 unspecified atom stereocenters. The molecule has 0 spiro atoms. The summed E-state index contributed by atoms with van der Waals surface area (Å²) >= 11 is 1.15. The number of aromatic nitrogens is 1. The summed E-state index contributed by atoms with van der Waals surface area (Å²) in [5.41, 5.74) is 6.03. The number of hydrogen-bond acceptors (Lipinski definition) is 7. The molecule has 4 N–H and O–H groups in total. The molecule has 0 radical (unpaired) electrons. The smallest absolute Gasteiger partial charge is 0.257 e. The number of nitrogens with one attached hydrogen (secondary N) is 2. The Balaban J connectivity index is 2.70. The summed E-state index contributed by atoms with van der Waals surface area (Å²) in [5, 5.41) is 6.25. The largest absolute Gasteiger partial charge is 0.382 e. The highest BCUT2D eigenvalue weighted by atomic mass is 32.1. The number of methoxy groups -OCH3 is 2. The molecule has 7 nitrogen and oxygen atoms in total.